The molecule has 0 aliphatic heterocycles. The Morgan fingerprint density at radius 1 is 1.37 bits per heavy atom. The average molecular weight is 341 g/mol. The third-order valence-electron chi connectivity index (χ3n) is 2.82. The fraction of sp³-hybridized carbons (Fsp3) is 0.231. The molecule has 1 aromatic heterocycles. The van der Waals surface area contributed by atoms with E-state index in [1.165, 1.54) is 10.9 Å². The quantitative estimate of drug-likeness (QED) is 0.648. The molecule has 0 aliphatic carbocycles. The summed E-state index contributed by atoms with van der Waals surface area (Å²) in [7, 11) is 0. The zero-order chi connectivity index (χ0) is 13.8. The summed E-state index contributed by atoms with van der Waals surface area (Å²) in [6.45, 7) is 2.52. The number of nitrogens with one attached hydrogen (secondary N) is 1. The van der Waals surface area contributed by atoms with Gasteiger partial charge in [0.05, 0.1) is 8.71 Å². The number of halogens is 1. The standard InChI is InChI=1S/C13H13BrN2O2S/c1-9-11(3-2-4-12(9)16(17)18)15-8-7-10-5-6-13(14)19-10/h2-6,15H,7-8H2,1H3. The van der Waals surface area contributed by atoms with Gasteiger partial charge in [-0.05, 0) is 47.5 Å². The molecular weight excluding hydrogens is 328 g/mol. The number of hydrogen-bond acceptors (Lipinski definition) is 4. The Morgan fingerprint density at radius 2 is 2.16 bits per heavy atom. The minimum Gasteiger partial charge on any atom is -0.384 e. The first-order valence-corrected chi connectivity index (χ1v) is 7.41. The fourth-order valence-corrected chi connectivity index (χ4v) is 3.30. The Balaban J connectivity index is 2.00. The van der Waals surface area contributed by atoms with Crippen molar-refractivity contribution in [1.29, 1.82) is 0 Å². The van der Waals surface area contributed by atoms with Crippen molar-refractivity contribution >= 4 is 38.6 Å². The molecule has 100 valence electrons. The van der Waals surface area contributed by atoms with E-state index in [0.29, 0.717) is 5.56 Å². The van der Waals surface area contributed by atoms with E-state index in [1.807, 2.05) is 12.1 Å². The van der Waals surface area contributed by atoms with Crippen molar-refractivity contribution in [3.05, 3.63) is 54.7 Å². The zero-order valence-electron chi connectivity index (χ0n) is 10.4. The van der Waals surface area contributed by atoms with Gasteiger partial charge in [-0.3, -0.25) is 10.1 Å². The lowest BCUT2D eigenvalue weighted by Crippen LogP contribution is -2.06. The number of nitro groups is 1. The molecule has 6 heteroatoms. The van der Waals surface area contributed by atoms with Gasteiger partial charge in [-0.1, -0.05) is 6.07 Å². The maximum Gasteiger partial charge on any atom is 0.274 e. The Morgan fingerprint density at radius 3 is 2.79 bits per heavy atom. The Bertz CT molecular complexity index is 598. The van der Waals surface area contributed by atoms with Gasteiger partial charge < -0.3 is 5.32 Å². The summed E-state index contributed by atoms with van der Waals surface area (Å²) in [6.07, 6.45) is 0.901. The minimum atomic E-state index is -0.350. The number of rotatable bonds is 5. The van der Waals surface area contributed by atoms with Crippen molar-refractivity contribution in [3.63, 3.8) is 0 Å². The first kappa shape index (κ1) is 14.0. The second-order valence-electron chi connectivity index (χ2n) is 4.09. The molecule has 0 aliphatic rings. The van der Waals surface area contributed by atoms with Gasteiger partial charge in [0, 0.05) is 28.7 Å². The van der Waals surface area contributed by atoms with Crippen LogP contribution in [0.4, 0.5) is 11.4 Å². The SMILES string of the molecule is Cc1c(NCCc2ccc(Br)s2)cccc1[N+](=O)[O-]. The van der Waals surface area contributed by atoms with E-state index in [1.54, 1.807) is 24.3 Å². The maximum atomic E-state index is 10.8. The topological polar surface area (TPSA) is 55.2 Å². The Kier molecular flexibility index (Phi) is 4.55. The highest BCUT2D eigenvalue weighted by molar-refractivity contribution is 9.11. The van der Waals surface area contributed by atoms with Crippen molar-refractivity contribution in [2.24, 2.45) is 0 Å². The molecule has 0 atom stereocenters. The molecule has 19 heavy (non-hydrogen) atoms. The summed E-state index contributed by atoms with van der Waals surface area (Å²) >= 11 is 5.13. The van der Waals surface area contributed by atoms with Gasteiger partial charge in [0.25, 0.3) is 5.69 Å². The van der Waals surface area contributed by atoms with E-state index in [0.717, 1.165) is 22.4 Å². The fourth-order valence-electron chi connectivity index (χ4n) is 1.82. The molecule has 4 nitrogen and oxygen atoms in total. The molecular formula is C13H13BrN2O2S. The van der Waals surface area contributed by atoms with Gasteiger partial charge in [0.2, 0.25) is 0 Å². The van der Waals surface area contributed by atoms with Crippen molar-refractivity contribution in [1.82, 2.24) is 0 Å². The summed E-state index contributed by atoms with van der Waals surface area (Å²) in [5.74, 6) is 0. The summed E-state index contributed by atoms with van der Waals surface area (Å²) in [5, 5.41) is 14.1. The second kappa shape index (κ2) is 6.16. The van der Waals surface area contributed by atoms with E-state index in [-0.39, 0.29) is 10.6 Å². The molecule has 0 saturated heterocycles. The minimum absolute atomic E-state index is 0.156. The summed E-state index contributed by atoms with van der Waals surface area (Å²) in [5.41, 5.74) is 1.66. The van der Waals surface area contributed by atoms with E-state index < -0.39 is 0 Å². The molecule has 0 radical (unpaired) electrons. The van der Waals surface area contributed by atoms with Crippen LogP contribution >= 0.6 is 27.3 Å². The van der Waals surface area contributed by atoms with Crippen LogP contribution in [0, 0.1) is 17.0 Å². The highest BCUT2D eigenvalue weighted by Crippen LogP contribution is 2.26. The Hall–Kier alpha value is -1.40. The second-order valence-corrected chi connectivity index (χ2v) is 6.64. The predicted molar refractivity (Wildman–Crippen MR) is 82.0 cm³/mol. The third kappa shape index (κ3) is 3.54. The largest absolute Gasteiger partial charge is 0.384 e. The third-order valence-corrected chi connectivity index (χ3v) is 4.50. The summed E-state index contributed by atoms with van der Waals surface area (Å²) in [6, 6.07) is 9.20. The van der Waals surface area contributed by atoms with Gasteiger partial charge in [0.1, 0.15) is 0 Å². The smallest absolute Gasteiger partial charge is 0.274 e. The van der Waals surface area contributed by atoms with Gasteiger partial charge in [-0.2, -0.15) is 0 Å². The van der Waals surface area contributed by atoms with Crippen LogP contribution in [0.5, 0.6) is 0 Å². The van der Waals surface area contributed by atoms with Crippen LogP contribution in [-0.2, 0) is 6.42 Å². The lowest BCUT2D eigenvalue weighted by atomic mass is 10.1. The van der Waals surface area contributed by atoms with E-state index in [9.17, 15) is 10.1 Å². The average Bonchev–Trinajstić information content (AvgIpc) is 2.77. The molecule has 0 unspecified atom stereocenters. The first-order valence-electron chi connectivity index (χ1n) is 5.80. The van der Waals surface area contributed by atoms with Gasteiger partial charge >= 0.3 is 0 Å². The normalized spacial score (nSPS) is 10.4. The number of thiophene rings is 1. The van der Waals surface area contributed by atoms with Gasteiger partial charge in [-0.15, -0.1) is 11.3 Å². The van der Waals surface area contributed by atoms with Crippen LogP contribution in [0.1, 0.15) is 10.4 Å². The molecule has 0 saturated carbocycles. The van der Waals surface area contributed by atoms with Crippen LogP contribution in [0.25, 0.3) is 0 Å². The van der Waals surface area contributed by atoms with Crippen LogP contribution < -0.4 is 5.32 Å². The molecule has 2 aromatic rings. The predicted octanol–water partition coefficient (Wildman–Crippen LogP) is 4.38. The van der Waals surface area contributed by atoms with Crippen LogP contribution in [0.3, 0.4) is 0 Å². The molecule has 1 heterocycles. The van der Waals surface area contributed by atoms with Crippen molar-refractivity contribution < 1.29 is 4.92 Å². The molecule has 0 amide bonds. The van der Waals surface area contributed by atoms with Gasteiger partial charge in [-0.25, -0.2) is 0 Å². The number of nitrogens with zero attached hydrogens (tertiary/aromatic N) is 1. The molecule has 1 N–H and O–H groups in total. The van der Waals surface area contributed by atoms with E-state index in [4.69, 9.17) is 0 Å². The molecule has 0 fully saturated rings. The highest BCUT2D eigenvalue weighted by Gasteiger charge is 2.12. The highest BCUT2D eigenvalue weighted by atomic mass is 79.9. The number of benzene rings is 1. The monoisotopic (exact) mass is 340 g/mol. The zero-order valence-corrected chi connectivity index (χ0v) is 12.8. The number of anilines is 1. The molecule has 1 aromatic carbocycles. The van der Waals surface area contributed by atoms with E-state index >= 15 is 0 Å². The number of nitro benzene ring substituents is 1. The van der Waals surface area contributed by atoms with Crippen molar-refractivity contribution in [2.75, 3.05) is 11.9 Å². The Labute approximate surface area is 123 Å². The van der Waals surface area contributed by atoms with E-state index in [2.05, 4.69) is 27.3 Å². The molecule has 0 bridgehead atoms. The lowest BCUT2D eigenvalue weighted by Gasteiger charge is -2.08. The molecule has 2 rings (SSSR count). The lowest BCUT2D eigenvalue weighted by molar-refractivity contribution is -0.385. The summed E-state index contributed by atoms with van der Waals surface area (Å²) < 4.78 is 1.12. The summed E-state index contributed by atoms with van der Waals surface area (Å²) in [4.78, 5) is 11.8. The van der Waals surface area contributed by atoms with Crippen molar-refractivity contribution in [2.45, 2.75) is 13.3 Å². The van der Waals surface area contributed by atoms with Crippen molar-refractivity contribution in [3.8, 4) is 0 Å². The van der Waals surface area contributed by atoms with Gasteiger partial charge in [0.15, 0.2) is 0 Å². The number of hydrogen-bond donors (Lipinski definition) is 1. The maximum absolute atomic E-state index is 10.8. The molecule has 0 spiro atoms. The van der Waals surface area contributed by atoms with Crippen LogP contribution in [0.2, 0.25) is 0 Å². The van der Waals surface area contributed by atoms with Crippen LogP contribution in [-0.4, -0.2) is 11.5 Å². The first-order chi connectivity index (χ1) is 9.08. The van der Waals surface area contributed by atoms with Crippen LogP contribution in [0.15, 0.2) is 34.1 Å².